The minimum absolute atomic E-state index is 0.00383. The van der Waals surface area contributed by atoms with Crippen molar-refractivity contribution in [3.8, 4) is 0 Å². The van der Waals surface area contributed by atoms with Crippen molar-refractivity contribution in [1.29, 1.82) is 0 Å². The third kappa shape index (κ3) is 14.0. The van der Waals surface area contributed by atoms with Crippen LogP contribution in [0.2, 0.25) is 0 Å². The first-order chi connectivity index (χ1) is 13.2. The van der Waals surface area contributed by atoms with Gasteiger partial charge in [0.15, 0.2) is 0 Å². The molecule has 0 bridgehead atoms. The zero-order chi connectivity index (χ0) is 21.7. The van der Waals surface area contributed by atoms with Crippen molar-refractivity contribution in [2.75, 3.05) is 47.5 Å². The third-order valence-corrected chi connectivity index (χ3v) is 12.7. The zero-order valence-electron chi connectivity index (χ0n) is 15.1. The lowest BCUT2D eigenvalue weighted by atomic mass is 10.2. The van der Waals surface area contributed by atoms with Crippen LogP contribution in [0, 0.1) is 0 Å². The van der Waals surface area contributed by atoms with Gasteiger partial charge in [0.2, 0.25) is 11.8 Å². The standard InChI is InChI=1S/C16H24Br8N2O2/c17-3-11(21)7-25(8-12(22)4-18)15(27)1-2-16(28)26(9-13(23)5-19)10-14(24)6-20/h11-14H,1-10H2. The number of nitrogens with zero attached hydrogens (tertiary/aromatic N) is 2. The topological polar surface area (TPSA) is 40.6 Å². The van der Waals surface area contributed by atoms with Crippen molar-refractivity contribution in [2.24, 2.45) is 0 Å². The first-order valence-corrected chi connectivity index (χ1v) is 16.7. The first-order valence-electron chi connectivity index (χ1n) is 8.54. The highest BCUT2D eigenvalue weighted by Crippen LogP contribution is 2.15. The van der Waals surface area contributed by atoms with E-state index in [1.54, 1.807) is 0 Å². The molecule has 0 N–H and O–H groups in total. The van der Waals surface area contributed by atoms with Crippen LogP contribution in [-0.2, 0) is 9.59 Å². The van der Waals surface area contributed by atoms with Gasteiger partial charge in [0, 0.05) is 79.6 Å². The summed E-state index contributed by atoms with van der Waals surface area (Å²) in [5, 5.41) is 3.01. The number of hydrogen-bond acceptors (Lipinski definition) is 2. The van der Waals surface area contributed by atoms with Crippen molar-refractivity contribution in [3.05, 3.63) is 0 Å². The smallest absolute Gasteiger partial charge is 0.223 e. The van der Waals surface area contributed by atoms with Gasteiger partial charge in [-0.05, 0) is 0 Å². The summed E-state index contributed by atoms with van der Waals surface area (Å²) in [5.41, 5.74) is 0. The maximum absolute atomic E-state index is 12.8. The Hall–Kier alpha value is 2.78. The third-order valence-electron chi connectivity index (χ3n) is 3.60. The molecule has 28 heavy (non-hydrogen) atoms. The number of alkyl halides is 8. The molecule has 0 aromatic carbocycles. The number of hydrogen-bond donors (Lipinski definition) is 0. The number of halogens is 8. The van der Waals surface area contributed by atoms with Crippen molar-refractivity contribution >= 4 is 139 Å². The zero-order valence-corrected chi connectivity index (χ0v) is 27.8. The lowest BCUT2D eigenvalue weighted by Crippen LogP contribution is -2.42. The number of carbonyl (C=O) groups excluding carboxylic acids is 2. The summed E-state index contributed by atoms with van der Waals surface area (Å²) in [5.74, 6) is -0.00765. The minimum Gasteiger partial charge on any atom is -0.340 e. The molecule has 0 aliphatic heterocycles. The molecule has 0 aromatic heterocycles. The summed E-state index contributed by atoms with van der Waals surface area (Å²) < 4.78 is 0. The SMILES string of the molecule is O=C(CCC(=O)N(CC(Br)CBr)CC(Br)CBr)N(CC(Br)CBr)CC(Br)CBr. The van der Waals surface area contributed by atoms with E-state index in [0.29, 0.717) is 26.2 Å². The van der Waals surface area contributed by atoms with Gasteiger partial charge in [0.1, 0.15) is 0 Å². The minimum atomic E-state index is -0.00383. The van der Waals surface area contributed by atoms with E-state index in [4.69, 9.17) is 0 Å². The van der Waals surface area contributed by atoms with Gasteiger partial charge in [-0.3, -0.25) is 9.59 Å². The fourth-order valence-corrected chi connectivity index (χ4v) is 4.46. The van der Waals surface area contributed by atoms with Crippen LogP contribution in [-0.4, -0.2) is 88.4 Å². The lowest BCUT2D eigenvalue weighted by Gasteiger charge is -2.28. The van der Waals surface area contributed by atoms with Crippen LogP contribution in [0.1, 0.15) is 12.8 Å². The van der Waals surface area contributed by atoms with E-state index in [1.165, 1.54) is 0 Å². The van der Waals surface area contributed by atoms with Crippen LogP contribution in [0.25, 0.3) is 0 Å². The maximum atomic E-state index is 12.8. The van der Waals surface area contributed by atoms with E-state index in [0.717, 1.165) is 21.3 Å². The molecule has 0 aromatic rings. The Bertz CT molecular complexity index is 396. The maximum Gasteiger partial charge on any atom is 0.223 e. The molecule has 0 aliphatic rings. The van der Waals surface area contributed by atoms with Crippen LogP contribution in [0.3, 0.4) is 0 Å². The quantitative estimate of drug-likeness (QED) is 0.188. The molecule has 0 rings (SSSR count). The highest BCUT2D eigenvalue weighted by molar-refractivity contribution is 9.13. The van der Waals surface area contributed by atoms with Gasteiger partial charge in [-0.15, -0.1) is 0 Å². The van der Waals surface area contributed by atoms with Crippen molar-refractivity contribution in [1.82, 2.24) is 9.80 Å². The Morgan fingerprint density at radius 1 is 0.536 bits per heavy atom. The second kappa shape index (κ2) is 18.2. The molecular weight excluding hydrogens is 891 g/mol. The number of rotatable bonds is 15. The molecule has 0 saturated carbocycles. The molecule has 0 fully saturated rings. The summed E-state index contributed by atoms with van der Waals surface area (Å²) in [4.78, 5) is 29.9. The summed E-state index contributed by atoms with van der Waals surface area (Å²) in [7, 11) is 0. The Labute approximate surface area is 235 Å². The first kappa shape index (κ1) is 30.8. The van der Waals surface area contributed by atoms with Gasteiger partial charge in [0.25, 0.3) is 0 Å². The van der Waals surface area contributed by atoms with Crippen LogP contribution in [0.15, 0.2) is 0 Å². The van der Waals surface area contributed by atoms with Crippen molar-refractivity contribution in [3.63, 3.8) is 0 Å². The Morgan fingerprint density at radius 3 is 0.929 bits per heavy atom. The monoisotopic (exact) mass is 908 g/mol. The van der Waals surface area contributed by atoms with Crippen LogP contribution < -0.4 is 0 Å². The summed E-state index contributed by atoms with van der Waals surface area (Å²) in [6, 6.07) is 0. The van der Waals surface area contributed by atoms with Gasteiger partial charge in [0.05, 0.1) is 0 Å². The molecule has 0 heterocycles. The van der Waals surface area contributed by atoms with Crippen LogP contribution in [0.5, 0.6) is 0 Å². The van der Waals surface area contributed by atoms with Gasteiger partial charge >= 0.3 is 0 Å². The molecule has 2 amide bonds. The fourth-order valence-electron chi connectivity index (χ4n) is 2.24. The second-order valence-corrected chi connectivity index (χ2v) is 13.9. The van der Waals surface area contributed by atoms with E-state index in [1.807, 2.05) is 9.80 Å². The summed E-state index contributed by atoms with van der Waals surface area (Å²) in [6.07, 6.45) is 0.420. The highest BCUT2D eigenvalue weighted by atomic mass is 79.9. The van der Waals surface area contributed by atoms with E-state index >= 15 is 0 Å². The number of carbonyl (C=O) groups is 2. The van der Waals surface area contributed by atoms with Crippen molar-refractivity contribution in [2.45, 2.75) is 32.2 Å². The van der Waals surface area contributed by atoms with Gasteiger partial charge in [-0.1, -0.05) is 127 Å². The molecule has 0 saturated heterocycles. The Kier molecular flexibility index (Phi) is 20.0. The molecule has 0 aliphatic carbocycles. The van der Waals surface area contributed by atoms with Gasteiger partial charge in [-0.25, -0.2) is 0 Å². The Morgan fingerprint density at radius 2 is 0.750 bits per heavy atom. The van der Waals surface area contributed by atoms with E-state index in [-0.39, 0.29) is 44.0 Å². The average Bonchev–Trinajstić information content (AvgIpc) is 2.69. The summed E-state index contributed by atoms with van der Waals surface area (Å²) >= 11 is 28.0. The average molecular weight is 916 g/mol. The lowest BCUT2D eigenvalue weighted by molar-refractivity contribution is -0.137. The Balaban J connectivity index is 4.92. The van der Waals surface area contributed by atoms with Crippen LogP contribution in [0.4, 0.5) is 0 Å². The molecule has 4 atom stereocenters. The summed E-state index contributed by atoms with van der Waals surface area (Å²) in [6.45, 7) is 2.38. The largest absolute Gasteiger partial charge is 0.340 e. The molecule has 12 heteroatoms. The van der Waals surface area contributed by atoms with Crippen molar-refractivity contribution < 1.29 is 9.59 Å². The van der Waals surface area contributed by atoms with Gasteiger partial charge < -0.3 is 9.80 Å². The molecule has 166 valence electrons. The molecule has 4 unspecified atom stereocenters. The van der Waals surface area contributed by atoms with E-state index in [9.17, 15) is 9.59 Å². The van der Waals surface area contributed by atoms with E-state index < -0.39 is 0 Å². The van der Waals surface area contributed by atoms with E-state index in [2.05, 4.69) is 127 Å². The van der Waals surface area contributed by atoms with Gasteiger partial charge in [-0.2, -0.15) is 0 Å². The molecule has 0 radical (unpaired) electrons. The highest BCUT2D eigenvalue weighted by Gasteiger charge is 2.24. The predicted molar refractivity (Wildman–Crippen MR) is 148 cm³/mol. The normalized spacial score (nSPS) is 15.6. The molecular formula is C16H24Br8N2O2. The predicted octanol–water partition coefficient (Wildman–Crippen LogP) is 6.06. The number of amides is 2. The second-order valence-electron chi connectivity index (χ2n) is 6.10. The molecule has 4 nitrogen and oxygen atoms in total. The van der Waals surface area contributed by atoms with Crippen LogP contribution >= 0.6 is 127 Å². The molecule has 0 spiro atoms. The fraction of sp³-hybridized carbons (Fsp3) is 0.875.